The van der Waals surface area contributed by atoms with Gasteiger partial charge in [-0.3, -0.25) is 4.79 Å². The molecule has 19 heavy (non-hydrogen) atoms. The van der Waals surface area contributed by atoms with Crippen LogP contribution in [-0.2, 0) is 4.79 Å². The lowest BCUT2D eigenvalue weighted by Gasteiger charge is -2.27. The average molecular weight is 267 g/mol. The zero-order valence-corrected chi connectivity index (χ0v) is 12.5. The molecule has 2 atom stereocenters. The predicted octanol–water partition coefficient (Wildman–Crippen LogP) is 3.39. The summed E-state index contributed by atoms with van der Waals surface area (Å²) in [7, 11) is 0. The molecule has 0 radical (unpaired) electrons. The number of carbonyl (C=O) groups is 1. The minimum Gasteiger partial charge on any atom is -0.481 e. The van der Waals surface area contributed by atoms with Crippen molar-refractivity contribution in [1.29, 1.82) is 0 Å². The van der Waals surface area contributed by atoms with Crippen LogP contribution in [0.2, 0.25) is 0 Å². The fraction of sp³-hybridized carbons (Fsp3) is 0.938. The molecule has 3 nitrogen and oxygen atoms in total. The van der Waals surface area contributed by atoms with Crippen molar-refractivity contribution in [3.05, 3.63) is 0 Å². The fourth-order valence-electron chi connectivity index (χ4n) is 3.89. The summed E-state index contributed by atoms with van der Waals surface area (Å²) >= 11 is 0. The lowest BCUT2D eigenvalue weighted by Crippen LogP contribution is -2.34. The van der Waals surface area contributed by atoms with Crippen molar-refractivity contribution < 1.29 is 9.90 Å². The molecule has 2 fully saturated rings. The molecule has 1 N–H and O–H groups in total. The van der Waals surface area contributed by atoms with Crippen LogP contribution in [0, 0.1) is 17.3 Å². The second-order valence-electron chi connectivity index (χ2n) is 7.20. The van der Waals surface area contributed by atoms with Gasteiger partial charge in [0.25, 0.3) is 0 Å². The van der Waals surface area contributed by atoms with Gasteiger partial charge in [0, 0.05) is 13.1 Å². The second-order valence-corrected chi connectivity index (χ2v) is 7.20. The highest BCUT2D eigenvalue weighted by Crippen LogP contribution is 2.33. The van der Waals surface area contributed by atoms with Gasteiger partial charge in [0.1, 0.15) is 0 Å². The Balaban J connectivity index is 1.74. The molecule has 0 spiro atoms. The van der Waals surface area contributed by atoms with Crippen LogP contribution in [0.4, 0.5) is 0 Å². The first-order valence-corrected chi connectivity index (χ1v) is 7.95. The number of nitrogens with zero attached hydrogens (tertiary/aromatic N) is 1. The minimum atomic E-state index is -0.630. The van der Waals surface area contributed by atoms with Crippen molar-refractivity contribution in [1.82, 2.24) is 4.90 Å². The molecule has 0 aromatic carbocycles. The van der Waals surface area contributed by atoms with E-state index in [-0.39, 0.29) is 0 Å². The van der Waals surface area contributed by atoms with Crippen LogP contribution in [0.1, 0.15) is 58.8 Å². The van der Waals surface area contributed by atoms with Crippen LogP contribution in [-0.4, -0.2) is 35.6 Å². The molecule has 0 amide bonds. The van der Waals surface area contributed by atoms with Crippen molar-refractivity contribution >= 4 is 5.97 Å². The molecular formula is C16H29NO2. The number of rotatable bonds is 5. The van der Waals surface area contributed by atoms with Gasteiger partial charge in [-0.2, -0.15) is 0 Å². The lowest BCUT2D eigenvalue weighted by atomic mass is 9.83. The van der Waals surface area contributed by atoms with E-state index >= 15 is 0 Å². The first-order valence-electron chi connectivity index (χ1n) is 7.95. The van der Waals surface area contributed by atoms with Gasteiger partial charge in [-0.25, -0.2) is 0 Å². The molecule has 2 unspecified atom stereocenters. The summed E-state index contributed by atoms with van der Waals surface area (Å²) in [5.74, 6) is 1.01. The second kappa shape index (κ2) is 6.25. The van der Waals surface area contributed by atoms with Crippen molar-refractivity contribution in [3.63, 3.8) is 0 Å². The van der Waals surface area contributed by atoms with Gasteiger partial charge in [-0.1, -0.05) is 39.0 Å². The number of hydrogen-bond acceptors (Lipinski definition) is 2. The highest BCUT2D eigenvalue weighted by Gasteiger charge is 2.40. The maximum atomic E-state index is 11.2. The summed E-state index contributed by atoms with van der Waals surface area (Å²) < 4.78 is 0. The Labute approximate surface area is 117 Å². The number of carboxylic acids is 1. The fourth-order valence-corrected chi connectivity index (χ4v) is 3.89. The summed E-state index contributed by atoms with van der Waals surface area (Å²) in [6.45, 7) is 7.00. The Hall–Kier alpha value is -0.570. The van der Waals surface area contributed by atoms with E-state index in [1.807, 2.05) is 6.92 Å². The Morgan fingerprint density at radius 2 is 2.05 bits per heavy atom. The van der Waals surface area contributed by atoms with Crippen LogP contribution in [0.25, 0.3) is 0 Å². The van der Waals surface area contributed by atoms with Crippen molar-refractivity contribution in [2.24, 2.45) is 17.3 Å². The van der Waals surface area contributed by atoms with Crippen molar-refractivity contribution in [2.45, 2.75) is 58.8 Å². The van der Waals surface area contributed by atoms with E-state index in [1.54, 1.807) is 0 Å². The number of aliphatic carboxylic acids is 1. The van der Waals surface area contributed by atoms with Crippen molar-refractivity contribution in [3.8, 4) is 0 Å². The van der Waals surface area contributed by atoms with Gasteiger partial charge in [-0.15, -0.1) is 0 Å². The number of likely N-dealkylation sites (tertiary alicyclic amines) is 1. The van der Waals surface area contributed by atoms with Gasteiger partial charge in [0.15, 0.2) is 0 Å². The molecule has 0 aromatic heterocycles. The van der Waals surface area contributed by atoms with Gasteiger partial charge in [0.2, 0.25) is 0 Å². The van der Waals surface area contributed by atoms with Crippen molar-refractivity contribution in [2.75, 3.05) is 19.6 Å². The van der Waals surface area contributed by atoms with E-state index in [0.29, 0.717) is 5.92 Å². The molecule has 1 heterocycles. The summed E-state index contributed by atoms with van der Waals surface area (Å²) in [5.41, 5.74) is -0.509. The normalized spacial score (nSPS) is 31.5. The van der Waals surface area contributed by atoms with Gasteiger partial charge < -0.3 is 10.0 Å². The molecule has 1 saturated carbocycles. The Kier molecular flexibility index (Phi) is 4.88. The van der Waals surface area contributed by atoms with E-state index in [2.05, 4.69) is 11.8 Å². The third-order valence-corrected chi connectivity index (χ3v) is 5.10. The van der Waals surface area contributed by atoms with Gasteiger partial charge in [0.05, 0.1) is 5.41 Å². The van der Waals surface area contributed by atoms with Gasteiger partial charge >= 0.3 is 5.97 Å². The quantitative estimate of drug-likeness (QED) is 0.830. The van der Waals surface area contributed by atoms with Crippen LogP contribution in [0.5, 0.6) is 0 Å². The highest BCUT2D eigenvalue weighted by atomic mass is 16.4. The maximum Gasteiger partial charge on any atom is 0.310 e. The van der Waals surface area contributed by atoms with E-state index in [9.17, 15) is 9.90 Å². The summed E-state index contributed by atoms with van der Waals surface area (Å²) in [6, 6.07) is 0. The van der Waals surface area contributed by atoms with E-state index in [1.165, 1.54) is 38.5 Å². The Morgan fingerprint density at radius 3 is 2.63 bits per heavy atom. The molecule has 0 bridgehead atoms. The SMILES string of the molecule is CC(CC1CCCCC1)CN1CCC(C)(C(=O)O)C1. The molecule has 3 heteroatoms. The number of carboxylic acid groups (broad SMARTS) is 1. The molecule has 2 rings (SSSR count). The molecule has 1 saturated heterocycles. The smallest absolute Gasteiger partial charge is 0.310 e. The lowest BCUT2D eigenvalue weighted by molar-refractivity contribution is -0.147. The third-order valence-electron chi connectivity index (χ3n) is 5.10. The third kappa shape index (κ3) is 3.95. The maximum absolute atomic E-state index is 11.2. The standard InChI is InChI=1S/C16H29NO2/c1-13(10-14-6-4-3-5-7-14)11-17-9-8-16(2,12-17)15(18)19/h13-14H,3-12H2,1-2H3,(H,18,19). The van der Waals surface area contributed by atoms with E-state index in [0.717, 1.165) is 32.0 Å². The van der Waals surface area contributed by atoms with E-state index in [4.69, 9.17) is 0 Å². The van der Waals surface area contributed by atoms with Crippen LogP contribution in [0.15, 0.2) is 0 Å². The van der Waals surface area contributed by atoms with Crippen LogP contribution < -0.4 is 0 Å². The molecule has 0 aromatic rings. The summed E-state index contributed by atoms with van der Waals surface area (Å²) in [6.07, 6.45) is 9.22. The minimum absolute atomic E-state index is 0.509. The Bertz CT molecular complexity index is 312. The zero-order chi connectivity index (χ0) is 13.9. The van der Waals surface area contributed by atoms with Crippen LogP contribution >= 0.6 is 0 Å². The van der Waals surface area contributed by atoms with Crippen LogP contribution in [0.3, 0.4) is 0 Å². The topological polar surface area (TPSA) is 40.5 Å². The first-order chi connectivity index (χ1) is 8.99. The number of hydrogen-bond donors (Lipinski definition) is 1. The predicted molar refractivity (Wildman–Crippen MR) is 77.2 cm³/mol. The molecule has 1 aliphatic heterocycles. The average Bonchev–Trinajstić information content (AvgIpc) is 2.73. The Morgan fingerprint density at radius 1 is 1.37 bits per heavy atom. The highest BCUT2D eigenvalue weighted by molar-refractivity contribution is 5.74. The monoisotopic (exact) mass is 267 g/mol. The molecule has 2 aliphatic rings. The molecular weight excluding hydrogens is 238 g/mol. The largest absolute Gasteiger partial charge is 0.481 e. The first kappa shape index (κ1) is 14.8. The van der Waals surface area contributed by atoms with Gasteiger partial charge in [-0.05, 0) is 38.1 Å². The molecule has 1 aliphatic carbocycles. The summed E-state index contributed by atoms with van der Waals surface area (Å²) in [4.78, 5) is 13.6. The zero-order valence-electron chi connectivity index (χ0n) is 12.5. The summed E-state index contributed by atoms with van der Waals surface area (Å²) in [5, 5.41) is 9.26. The molecule has 110 valence electrons. The van der Waals surface area contributed by atoms with E-state index < -0.39 is 11.4 Å².